The SMILES string of the molecule is COCc1cccc(NC(=O)c2cc3occc3n2Cc2ccccc2)c1. The molecule has 0 saturated carbocycles. The number of rotatable bonds is 6. The van der Waals surface area contributed by atoms with Crippen LogP contribution < -0.4 is 5.32 Å². The van der Waals surface area contributed by atoms with Crippen molar-refractivity contribution in [2.75, 3.05) is 12.4 Å². The third-order valence-electron chi connectivity index (χ3n) is 4.43. The molecule has 0 aliphatic rings. The van der Waals surface area contributed by atoms with Crippen LogP contribution in [0, 0.1) is 0 Å². The number of nitrogens with one attached hydrogen (secondary N) is 1. The Balaban J connectivity index is 1.64. The first kappa shape index (κ1) is 17.1. The van der Waals surface area contributed by atoms with Gasteiger partial charge in [0.1, 0.15) is 5.69 Å². The summed E-state index contributed by atoms with van der Waals surface area (Å²) in [6, 6.07) is 21.4. The van der Waals surface area contributed by atoms with Crippen molar-refractivity contribution in [1.82, 2.24) is 4.57 Å². The molecule has 2 aromatic carbocycles. The van der Waals surface area contributed by atoms with Crippen molar-refractivity contribution in [1.29, 1.82) is 0 Å². The van der Waals surface area contributed by atoms with Crippen molar-refractivity contribution in [3.63, 3.8) is 0 Å². The van der Waals surface area contributed by atoms with Crippen LogP contribution >= 0.6 is 0 Å². The smallest absolute Gasteiger partial charge is 0.272 e. The van der Waals surface area contributed by atoms with Crippen molar-refractivity contribution >= 4 is 22.7 Å². The number of anilines is 1. The number of furan rings is 1. The number of hydrogen-bond donors (Lipinski definition) is 1. The first-order valence-electron chi connectivity index (χ1n) is 8.74. The molecule has 5 heteroatoms. The topological polar surface area (TPSA) is 56.4 Å². The Kier molecular flexibility index (Phi) is 4.77. The van der Waals surface area contributed by atoms with Crippen LogP contribution in [-0.4, -0.2) is 17.6 Å². The summed E-state index contributed by atoms with van der Waals surface area (Å²) in [4.78, 5) is 13.0. The molecule has 136 valence electrons. The molecule has 0 radical (unpaired) electrons. The Bertz CT molecular complexity index is 1060. The second kappa shape index (κ2) is 7.51. The van der Waals surface area contributed by atoms with Gasteiger partial charge in [0, 0.05) is 31.5 Å². The minimum Gasteiger partial charge on any atom is -0.463 e. The Hall–Kier alpha value is -3.31. The van der Waals surface area contributed by atoms with E-state index >= 15 is 0 Å². The molecule has 27 heavy (non-hydrogen) atoms. The molecule has 2 heterocycles. The van der Waals surface area contributed by atoms with Gasteiger partial charge in [-0.3, -0.25) is 4.79 Å². The lowest BCUT2D eigenvalue weighted by Crippen LogP contribution is -2.17. The monoisotopic (exact) mass is 360 g/mol. The lowest BCUT2D eigenvalue weighted by molar-refractivity contribution is 0.101. The van der Waals surface area contributed by atoms with Crippen LogP contribution in [0.25, 0.3) is 11.1 Å². The van der Waals surface area contributed by atoms with E-state index < -0.39 is 0 Å². The van der Waals surface area contributed by atoms with Gasteiger partial charge < -0.3 is 19.0 Å². The molecule has 0 spiro atoms. The highest BCUT2D eigenvalue weighted by atomic mass is 16.5. The number of fused-ring (bicyclic) bond motifs is 1. The van der Waals surface area contributed by atoms with Gasteiger partial charge in [-0.15, -0.1) is 0 Å². The van der Waals surface area contributed by atoms with Crippen LogP contribution in [-0.2, 0) is 17.9 Å². The van der Waals surface area contributed by atoms with E-state index in [4.69, 9.17) is 9.15 Å². The van der Waals surface area contributed by atoms with E-state index in [2.05, 4.69) is 5.32 Å². The first-order chi connectivity index (χ1) is 13.2. The fourth-order valence-corrected chi connectivity index (χ4v) is 3.20. The van der Waals surface area contributed by atoms with Crippen LogP contribution in [0.2, 0.25) is 0 Å². The third-order valence-corrected chi connectivity index (χ3v) is 4.43. The van der Waals surface area contributed by atoms with Crippen LogP contribution in [0.1, 0.15) is 21.6 Å². The van der Waals surface area contributed by atoms with Crippen LogP contribution in [0.3, 0.4) is 0 Å². The number of carbonyl (C=O) groups is 1. The quantitative estimate of drug-likeness (QED) is 0.543. The third kappa shape index (κ3) is 3.64. The number of amides is 1. The van der Waals surface area contributed by atoms with Gasteiger partial charge in [0.2, 0.25) is 0 Å². The van der Waals surface area contributed by atoms with E-state index in [9.17, 15) is 4.79 Å². The van der Waals surface area contributed by atoms with Gasteiger partial charge in [-0.1, -0.05) is 42.5 Å². The summed E-state index contributed by atoms with van der Waals surface area (Å²) in [6.45, 7) is 1.09. The summed E-state index contributed by atoms with van der Waals surface area (Å²) in [5.74, 6) is -0.174. The predicted octanol–water partition coefficient (Wildman–Crippen LogP) is 4.68. The molecule has 0 bridgehead atoms. The zero-order valence-corrected chi connectivity index (χ0v) is 15.0. The summed E-state index contributed by atoms with van der Waals surface area (Å²) < 4.78 is 12.6. The molecule has 1 amide bonds. The Morgan fingerprint density at radius 3 is 2.67 bits per heavy atom. The highest BCUT2D eigenvalue weighted by Gasteiger charge is 2.18. The summed E-state index contributed by atoms with van der Waals surface area (Å²) in [5.41, 5.74) is 5.02. The van der Waals surface area contributed by atoms with Gasteiger partial charge in [-0.25, -0.2) is 0 Å². The molecule has 0 fully saturated rings. The summed E-state index contributed by atoms with van der Waals surface area (Å²) in [6.07, 6.45) is 1.64. The lowest BCUT2D eigenvalue weighted by atomic mass is 10.2. The highest BCUT2D eigenvalue weighted by Crippen LogP contribution is 2.23. The van der Waals surface area contributed by atoms with E-state index in [0.29, 0.717) is 24.4 Å². The number of benzene rings is 2. The van der Waals surface area contributed by atoms with Crippen LogP contribution in [0.4, 0.5) is 5.69 Å². The van der Waals surface area contributed by atoms with Crippen molar-refractivity contribution in [2.24, 2.45) is 0 Å². The zero-order valence-electron chi connectivity index (χ0n) is 15.0. The molecule has 0 unspecified atom stereocenters. The van der Waals surface area contributed by atoms with Gasteiger partial charge in [-0.2, -0.15) is 0 Å². The molecule has 0 saturated heterocycles. The van der Waals surface area contributed by atoms with Gasteiger partial charge >= 0.3 is 0 Å². The maximum atomic E-state index is 13.0. The van der Waals surface area contributed by atoms with E-state index in [1.54, 1.807) is 19.4 Å². The largest absolute Gasteiger partial charge is 0.463 e. The minimum absolute atomic E-state index is 0.174. The average molecular weight is 360 g/mol. The molecule has 2 aromatic heterocycles. The van der Waals surface area contributed by atoms with Crippen molar-refractivity contribution in [3.8, 4) is 0 Å². The highest BCUT2D eigenvalue weighted by molar-refractivity contribution is 6.05. The Morgan fingerprint density at radius 2 is 1.85 bits per heavy atom. The van der Waals surface area contributed by atoms with Gasteiger partial charge in [0.05, 0.1) is 18.4 Å². The summed E-state index contributed by atoms with van der Waals surface area (Å²) >= 11 is 0. The zero-order chi connectivity index (χ0) is 18.6. The average Bonchev–Trinajstić information content (AvgIpc) is 3.26. The predicted molar refractivity (Wildman–Crippen MR) is 105 cm³/mol. The first-order valence-corrected chi connectivity index (χ1v) is 8.74. The van der Waals surface area contributed by atoms with Crippen molar-refractivity contribution in [3.05, 3.63) is 89.8 Å². The number of carbonyl (C=O) groups excluding carboxylic acids is 1. The lowest BCUT2D eigenvalue weighted by Gasteiger charge is -2.11. The molecule has 5 nitrogen and oxygen atoms in total. The molecule has 4 rings (SSSR count). The summed E-state index contributed by atoms with van der Waals surface area (Å²) in [7, 11) is 1.65. The number of hydrogen-bond acceptors (Lipinski definition) is 3. The molecular weight excluding hydrogens is 340 g/mol. The Morgan fingerprint density at radius 1 is 1.04 bits per heavy atom. The number of nitrogens with zero attached hydrogens (tertiary/aromatic N) is 1. The molecule has 0 aliphatic carbocycles. The van der Waals surface area contributed by atoms with Crippen LogP contribution in [0.5, 0.6) is 0 Å². The van der Waals surface area contributed by atoms with E-state index in [1.165, 1.54) is 0 Å². The maximum absolute atomic E-state index is 13.0. The fraction of sp³-hybridized carbons (Fsp3) is 0.136. The number of methoxy groups -OCH3 is 1. The fourth-order valence-electron chi connectivity index (χ4n) is 3.20. The molecule has 0 atom stereocenters. The second-order valence-electron chi connectivity index (χ2n) is 6.36. The number of ether oxygens (including phenoxy) is 1. The van der Waals surface area contributed by atoms with E-state index in [0.717, 1.165) is 22.3 Å². The van der Waals surface area contributed by atoms with E-state index in [-0.39, 0.29) is 5.91 Å². The minimum atomic E-state index is -0.174. The maximum Gasteiger partial charge on any atom is 0.272 e. The second-order valence-corrected chi connectivity index (χ2v) is 6.36. The van der Waals surface area contributed by atoms with Gasteiger partial charge in [0.15, 0.2) is 5.58 Å². The van der Waals surface area contributed by atoms with Crippen molar-refractivity contribution < 1.29 is 13.9 Å². The normalized spacial score (nSPS) is 11.0. The molecule has 4 aromatic rings. The van der Waals surface area contributed by atoms with Crippen LogP contribution in [0.15, 0.2) is 77.4 Å². The Labute approximate surface area is 157 Å². The molecule has 1 N–H and O–H groups in total. The standard InChI is InChI=1S/C22H20N2O3/c1-26-15-17-8-5-9-18(12-17)23-22(25)20-13-21-19(10-11-27-21)24(20)14-16-6-3-2-4-7-16/h2-13H,14-15H2,1H3,(H,23,25). The molecule has 0 aliphatic heterocycles. The van der Waals surface area contributed by atoms with Crippen molar-refractivity contribution in [2.45, 2.75) is 13.2 Å². The number of aromatic nitrogens is 1. The molecular formula is C22H20N2O3. The summed E-state index contributed by atoms with van der Waals surface area (Å²) in [5, 5.41) is 2.98. The van der Waals surface area contributed by atoms with Gasteiger partial charge in [0.25, 0.3) is 5.91 Å². The van der Waals surface area contributed by atoms with E-state index in [1.807, 2.05) is 65.2 Å². The van der Waals surface area contributed by atoms with Gasteiger partial charge in [-0.05, 0) is 23.3 Å².